The molecule has 7 heavy (non-hydrogen) atoms. The van der Waals surface area contributed by atoms with Gasteiger partial charge in [-0.15, -0.1) is 0 Å². The van der Waals surface area contributed by atoms with E-state index < -0.39 is 0 Å². The van der Waals surface area contributed by atoms with Crippen molar-refractivity contribution in [2.75, 3.05) is 0 Å². The molecular weight excluding hydrogens is 92.1 g/mol. The molecule has 38 valence electrons. The van der Waals surface area contributed by atoms with E-state index in [0.29, 0.717) is 6.42 Å². The Balaban J connectivity index is 2.57. The SMILES string of the molecule is [O-]C1=C[O+]=CCC1. The molecule has 0 radical (unpaired) electrons. The van der Waals surface area contributed by atoms with Gasteiger partial charge in [0, 0.05) is 0 Å². The molecule has 2 heteroatoms. The molecule has 0 aromatic carbocycles. The van der Waals surface area contributed by atoms with Gasteiger partial charge in [-0.3, -0.25) is 0 Å². The maximum atomic E-state index is 10.3. The maximum Gasteiger partial charge on any atom is 0.305 e. The van der Waals surface area contributed by atoms with Crippen LogP contribution >= 0.6 is 0 Å². The summed E-state index contributed by atoms with van der Waals surface area (Å²) in [5.41, 5.74) is 0. The molecule has 0 atom stereocenters. The van der Waals surface area contributed by atoms with E-state index in [1.165, 1.54) is 6.26 Å². The molecule has 0 unspecified atom stereocenters. The summed E-state index contributed by atoms with van der Waals surface area (Å²) in [4.78, 5) is 0. The van der Waals surface area contributed by atoms with Gasteiger partial charge in [0.25, 0.3) is 6.29 Å². The van der Waals surface area contributed by atoms with Crippen LogP contribution in [0.1, 0.15) is 12.8 Å². The second-order valence-corrected chi connectivity index (χ2v) is 1.43. The second-order valence-electron chi connectivity index (χ2n) is 1.43. The normalized spacial score (nSPS) is 19.1. The zero-order valence-electron chi connectivity index (χ0n) is 3.89. The fourth-order valence-corrected chi connectivity index (χ4v) is 0.452. The highest BCUT2D eigenvalue weighted by Crippen LogP contribution is 1.97. The minimum Gasteiger partial charge on any atom is -0.870 e. The summed E-state index contributed by atoms with van der Waals surface area (Å²) < 4.78 is 4.58. The topological polar surface area (TPSA) is 34.4 Å². The Morgan fingerprint density at radius 2 is 2.57 bits per heavy atom. The Morgan fingerprint density at radius 1 is 1.71 bits per heavy atom. The summed E-state index contributed by atoms with van der Waals surface area (Å²) in [6.07, 6.45) is 4.24. The van der Waals surface area contributed by atoms with E-state index in [1.54, 1.807) is 6.29 Å². The van der Waals surface area contributed by atoms with E-state index in [9.17, 15) is 5.11 Å². The van der Waals surface area contributed by atoms with Crippen LogP contribution in [0.25, 0.3) is 0 Å². The van der Waals surface area contributed by atoms with Gasteiger partial charge in [0.15, 0.2) is 0 Å². The number of hydrogen-bond acceptors (Lipinski definition) is 1. The van der Waals surface area contributed by atoms with Gasteiger partial charge < -0.3 is 5.11 Å². The van der Waals surface area contributed by atoms with E-state index in [-0.39, 0.29) is 5.76 Å². The first-order valence-electron chi connectivity index (χ1n) is 2.23. The Hall–Kier alpha value is -0.790. The third-order valence-corrected chi connectivity index (χ3v) is 0.804. The average molecular weight is 98.1 g/mol. The first kappa shape index (κ1) is 4.37. The third-order valence-electron chi connectivity index (χ3n) is 0.804. The maximum absolute atomic E-state index is 10.3. The molecule has 0 spiro atoms. The number of hydrogen-bond donors (Lipinski definition) is 0. The molecule has 0 amide bonds. The van der Waals surface area contributed by atoms with E-state index in [1.807, 2.05) is 0 Å². The van der Waals surface area contributed by atoms with Crippen molar-refractivity contribution in [1.29, 1.82) is 0 Å². The molecule has 0 aliphatic carbocycles. The third kappa shape index (κ3) is 1.03. The first-order chi connectivity index (χ1) is 3.39. The highest BCUT2D eigenvalue weighted by Gasteiger charge is 1.95. The minimum absolute atomic E-state index is 0.0856. The lowest BCUT2D eigenvalue weighted by Gasteiger charge is -2.02. The van der Waals surface area contributed by atoms with Gasteiger partial charge in [0.1, 0.15) is 0 Å². The van der Waals surface area contributed by atoms with Crippen molar-refractivity contribution in [2.45, 2.75) is 12.8 Å². The summed E-state index contributed by atoms with van der Waals surface area (Å²) in [5, 5.41) is 10.3. The van der Waals surface area contributed by atoms with Crippen LogP contribution < -0.4 is 5.11 Å². The van der Waals surface area contributed by atoms with Crippen LogP contribution in [0.5, 0.6) is 0 Å². The molecule has 0 N–H and O–H groups in total. The summed E-state index contributed by atoms with van der Waals surface area (Å²) in [5.74, 6) is 0.0856. The lowest BCUT2D eigenvalue weighted by Crippen LogP contribution is -2.06. The van der Waals surface area contributed by atoms with Crippen molar-refractivity contribution in [3.63, 3.8) is 0 Å². The monoisotopic (exact) mass is 98.0 g/mol. The van der Waals surface area contributed by atoms with E-state index in [0.717, 1.165) is 6.42 Å². The second kappa shape index (κ2) is 1.78. The molecular formula is C5H6O2. The van der Waals surface area contributed by atoms with Crippen molar-refractivity contribution in [3.8, 4) is 0 Å². The molecule has 0 bridgehead atoms. The minimum atomic E-state index is 0.0856. The number of carbonyl (C=O) groups excluding carboxylic acids is 1. The average Bonchev–Trinajstić information content (AvgIpc) is 1.69. The van der Waals surface area contributed by atoms with Crippen LogP contribution in [-0.2, 0) is 4.42 Å². The van der Waals surface area contributed by atoms with E-state index in [4.69, 9.17) is 0 Å². The van der Waals surface area contributed by atoms with Crippen LogP contribution in [0.15, 0.2) is 12.0 Å². The van der Waals surface area contributed by atoms with Gasteiger partial charge in [-0.25, -0.2) is 4.42 Å². The van der Waals surface area contributed by atoms with E-state index >= 15 is 0 Å². The van der Waals surface area contributed by atoms with Crippen molar-refractivity contribution < 1.29 is 9.53 Å². The van der Waals surface area contributed by atoms with Crippen LogP contribution in [-0.4, -0.2) is 6.29 Å². The summed E-state index contributed by atoms with van der Waals surface area (Å²) in [7, 11) is 0. The Labute approximate surface area is 41.8 Å². The molecule has 1 aliphatic rings. The summed E-state index contributed by atoms with van der Waals surface area (Å²) in [6.45, 7) is 0. The van der Waals surface area contributed by atoms with Crippen molar-refractivity contribution >= 4 is 6.29 Å². The number of rotatable bonds is 0. The Morgan fingerprint density at radius 3 is 2.86 bits per heavy atom. The van der Waals surface area contributed by atoms with Gasteiger partial charge in [-0.2, -0.15) is 0 Å². The van der Waals surface area contributed by atoms with Crippen LogP contribution in [0.3, 0.4) is 0 Å². The molecule has 0 aromatic heterocycles. The molecule has 0 aromatic rings. The molecule has 0 fully saturated rings. The Kier molecular flexibility index (Phi) is 1.11. The summed E-state index contributed by atoms with van der Waals surface area (Å²) >= 11 is 0. The highest BCUT2D eigenvalue weighted by molar-refractivity contribution is 5.51. The standard InChI is InChI=1S/C5H6O2/c6-5-2-1-3-7-4-5/h3-4H,1-2H2. The van der Waals surface area contributed by atoms with Gasteiger partial charge >= 0.3 is 6.26 Å². The van der Waals surface area contributed by atoms with Gasteiger partial charge in [0.05, 0.1) is 6.42 Å². The fraction of sp³-hybridized carbons (Fsp3) is 0.400. The van der Waals surface area contributed by atoms with Gasteiger partial charge in [0.2, 0.25) is 0 Å². The first-order valence-corrected chi connectivity index (χ1v) is 2.23. The molecule has 1 heterocycles. The Bertz CT molecular complexity index is 113. The quantitative estimate of drug-likeness (QED) is 0.303. The lowest BCUT2D eigenvalue weighted by atomic mass is 10.3. The predicted molar refractivity (Wildman–Crippen MR) is 23.4 cm³/mol. The van der Waals surface area contributed by atoms with Crippen LogP contribution in [0.4, 0.5) is 0 Å². The van der Waals surface area contributed by atoms with Gasteiger partial charge in [-0.1, -0.05) is 0 Å². The molecule has 0 saturated carbocycles. The number of aldehydes is 1. The zero-order chi connectivity index (χ0) is 5.11. The molecule has 0 saturated heterocycles. The predicted octanol–water partition coefficient (Wildman–Crippen LogP) is -0.284. The zero-order valence-corrected chi connectivity index (χ0v) is 3.89. The molecule has 2 nitrogen and oxygen atoms in total. The highest BCUT2D eigenvalue weighted by atomic mass is 16.4. The van der Waals surface area contributed by atoms with E-state index in [2.05, 4.69) is 4.42 Å². The molecule has 1 rings (SSSR count). The van der Waals surface area contributed by atoms with Crippen LogP contribution in [0, 0.1) is 0 Å². The lowest BCUT2D eigenvalue weighted by molar-refractivity contribution is -0.400. The van der Waals surface area contributed by atoms with Crippen molar-refractivity contribution in [3.05, 3.63) is 12.0 Å². The summed E-state index contributed by atoms with van der Waals surface area (Å²) in [6, 6.07) is 0. The largest absolute Gasteiger partial charge is 0.870 e. The smallest absolute Gasteiger partial charge is 0.305 e. The molecule has 1 aliphatic heterocycles. The number of allylic oxidation sites excluding steroid dienone is 1. The van der Waals surface area contributed by atoms with Crippen molar-refractivity contribution in [1.82, 2.24) is 0 Å². The fourth-order valence-electron chi connectivity index (χ4n) is 0.452. The van der Waals surface area contributed by atoms with Crippen LogP contribution in [0.2, 0.25) is 0 Å². The van der Waals surface area contributed by atoms with Crippen molar-refractivity contribution in [2.24, 2.45) is 0 Å². The van der Waals surface area contributed by atoms with Gasteiger partial charge in [-0.05, 0) is 12.2 Å².